The summed E-state index contributed by atoms with van der Waals surface area (Å²) in [5.41, 5.74) is 1.83. The molecular formula is C19H30IN3O. The second-order valence-corrected chi connectivity index (χ2v) is 6.91. The molecule has 0 amide bonds. The first-order valence-electron chi connectivity index (χ1n) is 8.84. The fourth-order valence-electron chi connectivity index (χ4n) is 4.20. The van der Waals surface area contributed by atoms with Crippen molar-refractivity contribution in [3.05, 3.63) is 29.8 Å². The molecule has 1 spiro atoms. The van der Waals surface area contributed by atoms with Crippen molar-refractivity contribution in [1.29, 1.82) is 0 Å². The van der Waals surface area contributed by atoms with Gasteiger partial charge in [0.15, 0.2) is 5.96 Å². The third-order valence-corrected chi connectivity index (χ3v) is 5.48. The second-order valence-electron chi connectivity index (χ2n) is 6.91. The van der Waals surface area contributed by atoms with E-state index in [4.69, 9.17) is 4.74 Å². The smallest absolute Gasteiger partial charge is 0.193 e. The lowest BCUT2D eigenvalue weighted by atomic mass is 9.86. The first-order valence-corrected chi connectivity index (χ1v) is 8.84. The van der Waals surface area contributed by atoms with Gasteiger partial charge in [0, 0.05) is 26.7 Å². The van der Waals surface area contributed by atoms with E-state index < -0.39 is 0 Å². The highest BCUT2D eigenvalue weighted by molar-refractivity contribution is 14.0. The van der Waals surface area contributed by atoms with Crippen LogP contribution in [0, 0.1) is 5.41 Å². The number of para-hydroxylation sites is 1. The number of likely N-dealkylation sites (tertiary alicyclic amines) is 1. The van der Waals surface area contributed by atoms with Gasteiger partial charge in [-0.3, -0.25) is 4.99 Å². The van der Waals surface area contributed by atoms with Gasteiger partial charge in [0.05, 0.1) is 7.11 Å². The van der Waals surface area contributed by atoms with Gasteiger partial charge in [0.2, 0.25) is 0 Å². The maximum Gasteiger partial charge on any atom is 0.193 e. The Bertz CT molecular complexity index is 555. The van der Waals surface area contributed by atoms with Crippen molar-refractivity contribution in [2.45, 2.75) is 38.5 Å². The number of hydrogen-bond donors (Lipinski definition) is 1. The third-order valence-electron chi connectivity index (χ3n) is 5.48. The van der Waals surface area contributed by atoms with Gasteiger partial charge in [-0.25, -0.2) is 0 Å². The number of methoxy groups -OCH3 is 1. The van der Waals surface area contributed by atoms with Crippen LogP contribution < -0.4 is 10.1 Å². The van der Waals surface area contributed by atoms with Crippen LogP contribution in [0.4, 0.5) is 0 Å². The lowest BCUT2D eigenvalue weighted by Crippen LogP contribution is -2.41. The summed E-state index contributed by atoms with van der Waals surface area (Å²) in [5.74, 6) is 2.03. The largest absolute Gasteiger partial charge is 0.496 e. The van der Waals surface area contributed by atoms with Gasteiger partial charge >= 0.3 is 0 Å². The Kier molecular flexibility index (Phi) is 7.19. The molecule has 2 fully saturated rings. The predicted molar refractivity (Wildman–Crippen MR) is 111 cm³/mol. The SMILES string of the molecule is CN=C(NCCc1ccccc1OC)N1CCC2(CCCC2)C1.I. The van der Waals surface area contributed by atoms with Gasteiger partial charge in [-0.05, 0) is 42.7 Å². The van der Waals surface area contributed by atoms with E-state index in [0.29, 0.717) is 5.41 Å². The number of nitrogens with zero attached hydrogens (tertiary/aromatic N) is 2. The molecule has 1 saturated carbocycles. The number of halogens is 1. The lowest BCUT2D eigenvalue weighted by Gasteiger charge is -2.26. The van der Waals surface area contributed by atoms with Gasteiger partial charge in [-0.2, -0.15) is 0 Å². The number of aliphatic imine (C=N–C) groups is 1. The summed E-state index contributed by atoms with van der Waals surface area (Å²) in [4.78, 5) is 6.95. The summed E-state index contributed by atoms with van der Waals surface area (Å²) in [7, 11) is 3.63. The van der Waals surface area contributed by atoms with Crippen molar-refractivity contribution in [2.24, 2.45) is 10.4 Å². The zero-order valence-electron chi connectivity index (χ0n) is 14.9. The maximum absolute atomic E-state index is 5.42. The summed E-state index contributed by atoms with van der Waals surface area (Å²) < 4.78 is 5.42. The van der Waals surface area contributed by atoms with Crippen LogP contribution >= 0.6 is 24.0 Å². The van der Waals surface area contributed by atoms with Gasteiger partial charge in [0.1, 0.15) is 5.75 Å². The second kappa shape index (κ2) is 8.92. The van der Waals surface area contributed by atoms with Crippen molar-refractivity contribution < 1.29 is 4.74 Å². The molecule has 3 rings (SSSR count). The van der Waals surface area contributed by atoms with E-state index in [1.165, 1.54) is 44.2 Å². The van der Waals surface area contributed by atoms with Gasteiger partial charge < -0.3 is 15.0 Å². The number of guanidine groups is 1. The summed E-state index contributed by atoms with van der Waals surface area (Å²) in [6.07, 6.45) is 7.91. The van der Waals surface area contributed by atoms with Crippen molar-refractivity contribution in [3.8, 4) is 5.75 Å². The average molecular weight is 443 g/mol. The van der Waals surface area contributed by atoms with Crippen molar-refractivity contribution in [1.82, 2.24) is 10.2 Å². The first-order chi connectivity index (χ1) is 11.3. The maximum atomic E-state index is 5.42. The molecule has 0 atom stereocenters. The van der Waals surface area contributed by atoms with Gasteiger partial charge in [-0.15, -0.1) is 24.0 Å². The fourth-order valence-corrected chi connectivity index (χ4v) is 4.20. The minimum absolute atomic E-state index is 0. The van der Waals surface area contributed by atoms with E-state index in [1.54, 1.807) is 7.11 Å². The summed E-state index contributed by atoms with van der Waals surface area (Å²) in [6.45, 7) is 3.21. The van der Waals surface area contributed by atoms with E-state index in [1.807, 2.05) is 19.2 Å². The van der Waals surface area contributed by atoms with Crippen LogP contribution in [-0.4, -0.2) is 44.7 Å². The van der Waals surface area contributed by atoms with Crippen LogP contribution in [0.5, 0.6) is 5.75 Å². The Morgan fingerprint density at radius 1 is 1.25 bits per heavy atom. The topological polar surface area (TPSA) is 36.9 Å². The molecular weight excluding hydrogens is 413 g/mol. The summed E-state index contributed by atoms with van der Waals surface area (Å²) in [5, 5.41) is 3.54. The van der Waals surface area contributed by atoms with E-state index >= 15 is 0 Å². The Hall–Kier alpha value is -0.980. The van der Waals surface area contributed by atoms with Crippen LogP contribution in [0.15, 0.2) is 29.3 Å². The van der Waals surface area contributed by atoms with Gasteiger partial charge in [0.25, 0.3) is 0 Å². The highest BCUT2D eigenvalue weighted by Crippen LogP contribution is 2.45. The molecule has 0 radical (unpaired) electrons. The summed E-state index contributed by atoms with van der Waals surface area (Å²) >= 11 is 0. The molecule has 0 unspecified atom stereocenters. The molecule has 1 heterocycles. The summed E-state index contributed by atoms with van der Waals surface area (Å²) in [6, 6.07) is 8.23. The first kappa shape index (κ1) is 19.3. The molecule has 1 aliphatic heterocycles. The van der Waals surface area contributed by atoms with Crippen molar-refractivity contribution >= 4 is 29.9 Å². The van der Waals surface area contributed by atoms with Crippen LogP contribution in [0.3, 0.4) is 0 Å². The molecule has 24 heavy (non-hydrogen) atoms. The molecule has 0 bridgehead atoms. The van der Waals surface area contributed by atoms with E-state index in [-0.39, 0.29) is 24.0 Å². The molecule has 1 aliphatic carbocycles. The average Bonchev–Trinajstić information content (AvgIpc) is 3.22. The molecule has 2 aliphatic rings. The van der Waals surface area contributed by atoms with Crippen molar-refractivity contribution in [3.63, 3.8) is 0 Å². The van der Waals surface area contributed by atoms with Crippen LogP contribution in [0.1, 0.15) is 37.7 Å². The molecule has 134 valence electrons. The number of benzene rings is 1. The monoisotopic (exact) mass is 443 g/mol. The highest BCUT2D eigenvalue weighted by atomic mass is 127. The quantitative estimate of drug-likeness (QED) is 0.438. The van der Waals surface area contributed by atoms with Crippen LogP contribution in [-0.2, 0) is 6.42 Å². The number of rotatable bonds is 4. The number of ether oxygens (including phenoxy) is 1. The third kappa shape index (κ3) is 4.35. The van der Waals surface area contributed by atoms with E-state index in [0.717, 1.165) is 31.2 Å². The number of nitrogens with one attached hydrogen (secondary N) is 1. The zero-order valence-corrected chi connectivity index (χ0v) is 17.2. The molecule has 5 heteroatoms. The Morgan fingerprint density at radius 2 is 2.00 bits per heavy atom. The van der Waals surface area contributed by atoms with Crippen LogP contribution in [0.25, 0.3) is 0 Å². The zero-order chi connectivity index (χ0) is 16.1. The van der Waals surface area contributed by atoms with E-state index in [2.05, 4.69) is 27.3 Å². The predicted octanol–water partition coefficient (Wildman–Crippen LogP) is 3.70. The molecule has 0 aromatic heterocycles. The minimum atomic E-state index is 0. The Labute approximate surface area is 163 Å². The molecule has 1 aromatic carbocycles. The highest BCUT2D eigenvalue weighted by Gasteiger charge is 2.40. The lowest BCUT2D eigenvalue weighted by molar-refractivity contribution is 0.309. The molecule has 1 saturated heterocycles. The Balaban J connectivity index is 0.00000208. The van der Waals surface area contributed by atoms with Crippen LogP contribution in [0.2, 0.25) is 0 Å². The van der Waals surface area contributed by atoms with Crippen molar-refractivity contribution in [2.75, 3.05) is 33.8 Å². The Morgan fingerprint density at radius 3 is 2.71 bits per heavy atom. The van der Waals surface area contributed by atoms with E-state index in [9.17, 15) is 0 Å². The molecule has 1 aromatic rings. The fraction of sp³-hybridized carbons (Fsp3) is 0.632. The molecule has 1 N–H and O–H groups in total. The van der Waals surface area contributed by atoms with Gasteiger partial charge in [-0.1, -0.05) is 31.0 Å². The standard InChI is InChI=1S/C19H29N3O.HI/c1-20-18(22-14-12-19(15-22)10-5-6-11-19)21-13-9-16-7-3-4-8-17(16)23-2;/h3-4,7-8H,5-6,9-15H2,1-2H3,(H,20,21);1H. The molecule has 4 nitrogen and oxygen atoms in total. The number of hydrogen-bond acceptors (Lipinski definition) is 2. The minimum Gasteiger partial charge on any atom is -0.496 e. The normalized spacial score (nSPS) is 19.4.